The Hall–Kier alpha value is -0.630. The number of allylic oxidation sites excluding steroid dienone is 1. The third-order valence-corrected chi connectivity index (χ3v) is 1.25. The SMILES string of the molecule is CC=CC(=O)C(O)C(C)C. The van der Waals surface area contributed by atoms with Gasteiger partial charge in [-0.3, -0.25) is 4.79 Å². The predicted molar refractivity (Wildman–Crippen MR) is 40.7 cm³/mol. The van der Waals surface area contributed by atoms with Crippen LogP contribution in [0.3, 0.4) is 0 Å². The Kier molecular flexibility index (Phi) is 3.96. The molecular formula is C8H14O2. The van der Waals surface area contributed by atoms with E-state index in [1.54, 1.807) is 13.0 Å². The van der Waals surface area contributed by atoms with Crippen molar-refractivity contribution in [2.45, 2.75) is 26.9 Å². The maximum atomic E-state index is 10.8. The van der Waals surface area contributed by atoms with E-state index >= 15 is 0 Å². The second-order valence-electron chi connectivity index (χ2n) is 2.59. The van der Waals surface area contributed by atoms with Crippen LogP contribution in [0.4, 0.5) is 0 Å². The zero-order valence-corrected chi connectivity index (χ0v) is 6.66. The molecule has 0 heterocycles. The minimum Gasteiger partial charge on any atom is -0.385 e. The van der Waals surface area contributed by atoms with Crippen molar-refractivity contribution in [1.29, 1.82) is 0 Å². The number of carbonyl (C=O) groups is 1. The van der Waals surface area contributed by atoms with E-state index in [2.05, 4.69) is 0 Å². The molecule has 0 saturated carbocycles. The van der Waals surface area contributed by atoms with Crippen molar-refractivity contribution >= 4 is 5.78 Å². The molecule has 0 aromatic rings. The fourth-order valence-corrected chi connectivity index (χ4v) is 0.591. The monoisotopic (exact) mass is 142 g/mol. The molecule has 0 aliphatic rings. The van der Waals surface area contributed by atoms with E-state index in [1.807, 2.05) is 13.8 Å². The van der Waals surface area contributed by atoms with Crippen LogP contribution in [0.5, 0.6) is 0 Å². The third-order valence-electron chi connectivity index (χ3n) is 1.25. The fraction of sp³-hybridized carbons (Fsp3) is 0.625. The Bertz CT molecular complexity index is 136. The predicted octanol–water partition coefficient (Wildman–Crippen LogP) is 1.15. The van der Waals surface area contributed by atoms with Crippen LogP contribution in [0.25, 0.3) is 0 Å². The molecule has 2 heteroatoms. The molecule has 0 radical (unpaired) electrons. The minimum absolute atomic E-state index is 0.00343. The Morgan fingerprint density at radius 3 is 2.30 bits per heavy atom. The number of hydrogen-bond donors (Lipinski definition) is 1. The summed E-state index contributed by atoms with van der Waals surface area (Å²) in [5.74, 6) is -0.207. The van der Waals surface area contributed by atoms with E-state index in [9.17, 15) is 4.79 Å². The van der Waals surface area contributed by atoms with Gasteiger partial charge < -0.3 is 5.11 Å². The molecule has 10 heavy (non-hydrogen) atoms. The van der Waals surface area contributed by atoms with Crippen molar-refractivity contribution in [2.75, 3.05) is 0 Å². The van der Waals surface area contributed by atoms with Gasteiger partial charge in [-0.25, -0.2) is 0 Å². The van der Waals surface area contributed by atoms with E-state index < -0.39 is 6.10 Å². The number of rotatable bonds is 3. The first-order valence-electron chi connectivity index (χ1n) is 3.44. The first-order valence-corrected chi connectivity index (χ1v) is 3.44. The zero-order valence-electron chi connectivity index (χ0n) is 6.66. The fourth-order valence-electron chi connectivity index (χ4n) is 0.591. The van der Waals surface area contributed by atoms with Gasteiger partial charge in [-0.05, 0) is 18.9 Å². The number of aliphatic hydroxyl groups excluding tert-OH is 1. The van der Waals surface area contributed by atoms with Gasteiger partial charge in [0.2, 0.25) is 0 Å². The van der Waals surface area contributed by atoms with Crippen molar-refractivity contribution in [3.63, 3.8) is 0 Å². The van der Waals surface area contributed by atoms with Gasteiger partial charge in [0.05, 0.1) is 0 Å². The molecule has 1 atom stereocenters. The number of aliphatic hydroxyl groups is 1. The normalized spacial score (nSPS) is 14.5. The van der Waals surface area contributed by atoms with Gasteiger partial charge >= 0.3 is 0 Å². The molecule has 1 unspecified atom stereocenters. The highest BCUT2D eigenvalue weighted by atomic mass is 16.3. The molecule has 0 aromatic heterocycles. The summed E-state index contributed by atoms with van der Waals surface area (Å²) in [7, 11) is 0. The lowest BCUT2D eigenvalue weighted by Gasteiger charge is -2.09. The Morgan fingerprint density at radius 2 is 2.00 bits per heavy atom. The van der Waals surface area contributed by atoms with E-state index in [4.69, 9.17) is 5.11 Å². The molecule has 0 aliphatic carbocycles. The first kappa shape index (κ1) is 9.37. The largest absolute Gasteiger partial charge is 0.385 e. The van der Waals surface area contributed by atoms with Gasteiger partial charge in [0, 0.05) is 0 Å². The number of ketones is 1. The van der Waals surface area contributed by atoms with Crippen LogP contribution in [-0.4, -0.2) is 17.0 Å². The van der Waals surface area contributed by atoms with Gasteiger partial charge in [0.15, 0.2) is 5.78 Å². The summed E-state index contributed by atoms with van der Waals surface area (Å²) in [6, 6.07) is 0. The van der Waals surface area contributed by atoms with Crippen LogP contribution >= 0.6 is 0 Å². The second-order valence-corrected chi connectivity index (χ2v) is 2.59. The summed E-state index contributed by atoms with van der Waals surface area (Å²) in [4.78, 5) is 10.8. The minimum atomic E-state index is -0.837. The van der Waals surface area contributed by atoms with Crippen molar-refractivity contribution in [2.24, 2.45) is 5.92 Å². The lowest BCUT2D eigenvalue weighted by atomic mass is 10.0. The van der Waals surface area contributed by atoms with Crippen molar-refractivity contribution in [3.8, 4) is 0 Å². The molecule has 58 valence electrons. The van der Waals surface area contributed by atoms with Crippen molar-refractivity contribution in [1.82, 2.24) is 0 Å². The summed E-state index contributed by atoms with van der Waals surface area (Å²) in [6.45, 7) is 5.38. The molecule has 2 nitrogen and oxygen atoms in total. The second kappa shape index (κ2) is 4.23. The average molecular weight is 142 g/mol. The summed E-state index contributed by atoms with van der Waals surface area (Å²) in [5.41, 5.74) is 0. The molecule has 0 spiro atoms. The van der Waals surface area contributed by atoms with E-state index in [0.29, 0.717) is 0 Å². The van der Waals surface area contributed by atoms with Crippen LogP contribution in [-0.2, 0) is 4.79 Å². The van der Waals surface area contributed by atoms with Crippen LogP contribution in [0.1, 0.15) is 20.8 Å². The summed E-state index contributed by atoms with van der Waals surface area (Å²) in [5, 5.41) is 9.13. The van der Waals surface area contributed by atoms with Gasteiger partial charge in [0.25, 0.3) is 0 Å². The maximum Gasteiger partial charge on any atom is 0.184 e. The highest BCUT2D eigenvalue weighted by Gasteiger charge is 2.14. The lowest BCUT2D eigenvalue weighted by Crippen LogP contribution is -2.23. The summed E-state index contributed by atoms with van der Waals surface area (Å²) >= 11 is 0. The standard InChI is InChI=1S/C8H14O2/c1-4-5-7(9)8(10)6(2)3/h4-6,8,10H,1-3H3. The highest BCUT2D eigenvalue weighted by Crippen LogP contribution is 2.02. The average Bonchev–Trinajstić information content (AvgIpc) is 1.87. The topological polar surface area (TPSA) is 37.3 Å². The molecule has 0 aliphatic heterocycles. The zero-order chi connectivity index (χ0) is 8.15. The van der Waals surface area contributed by atoms with Crippen LogP contribution < -0.4 is 0 Å². The van der Waals surface area contributed by atoms with Crippen LogP contribution in [0.15, 0.2) is 12.2 Å². The number of carbonyl (C=O) groups excluding carboxylic acids is 1. The molecule has 0 bridgehead atoms. The molecule has 0 rings (SSSR count). The Balaban J connectivity index is 3.95. The third kappa shape index (κ3) is 2.78. The molecule has 0 saturated heterocycles. The van der Waals surface area contributed by atoms with Gasteiger partial charge in [-0.1, -0.05) is 19.9 Å². The van der Waals surface area contributed by atoms with Crippen LogP contribution in [0.2, 0.25) is 0 Å². The first-order chi connectivity index (χ1) is 4.59. The summed E-state index contributed by atoms with van der Waals surface area (Å²) in [6.07, 6.45) is 2.19. The lowest BCUT2D eigenvalue weighted by molar-refractivity contribution is -0.124. The Labute approximate surface area is 61.6 Å². The maximum absolute atomic E-state index is 10.8. The van der Waals surface area contributed by atoms with E-state index in [1.165, 1.54) is 6.08 Å². The van der Waals surface area contributed by atoms with Gasteiger partial charge in [-0.15, -0.1) is 0 Å². The quantitative estimate of drug-likeness (QED) is 0.600. The van der Waals surface area contributed by atoms with E-state index in [0.717, 1.165) is 0 Å². The molecule has 0 amide bonds. The van der Waals surface area contributed by atoms with Gasteiger partial charge in [-0.2, -0.15) is 0 Å². The smallest absolute Gasteiger partial charge is 0.184 e. The van der Waals surface area contributed by atoms with Crippen LogP contribution in [0, 0.1) is 5.92 Å². The highest BCUT2D eigenvalue weighted by molar-refractivity contribution is 5.93. The molecule has 1 N–H and O–H groups in total. The Morgan fingerprint density at radius 1 is 1.50 bits per heavy atom. The summed E-state index contributed by atoms with van der Waals surface area (Å²) < 4.78 is 0. The van der Waals surface area contributed by atoms with Crippen molar-refractivity contribution < 1.29 is 9.90 Å². The van der Waals surface area contributed by atoms with Gasteiger partial charge in [0.1, 0.15) is 6.10 Å². The molecule has 0 fully saturated rings. The number of hydrogen-bond acceptors (Lipinski definition) is 2. The molecular weight excluding hydrogens is 128 g/mol. The molecule has 0 aromatic carbocycles. The van der Waals surface area contributed by atoms with E-state index in [-0.39, 0.29) is 11.7 Å². The van der Waals surface area contributed by atoms with Crippen molar-refractivity contribution in [3.05, 3.63) is 12.2 Å².